The lowest BCUT2D eigenvalue weighted by atomic mass is 10.1. The van der Waals surface area contributed by atoms with E-state index in [1.165, 1.54) is 21.3 Å². The van der Waals surface area contributed by atoms with Crippen LogP contribution in [-0.4, -0.2) is 96.3 Å². The predicted octanol–water partition coefficient (Wildman–Crippen LogP) is 6.12. The maximum absolute atomic E-state index is 12.8. The van der Waals surface area contributed by atoms with Gasteiger partial charge in [-0.2, -0.15) is 0 Å². The molecule has 0 heterocycles. The minimum atomic E-state index is -1.08. The Labute approximate surface area is 348 Å². The highest BCUT2D eigenvalue weighted by Gasteiger charge is 2.20. The molecule has 0 N–H and O–H groups in total. The van der Waals surface area contributed by atoms with Gasteiger partial charge in [0.25, 0.3) is 0 Å². The molecule has 0 aliphatic heterocycles. The first kappa shape index (κ1) is 47.5. The molecule has 60 heavy (non-hydrogen) atoms. The van der Waals surface area contributed by atoms with E-state index >= 15 is 0 Å². The third-order valence-corrected chi connectivity index (χ3v) is 8.44. The Morgan fingerprint density at radius 3 is 1.02 bits per heavy atom. The van der Waals surface area contributed by atoms with Crippen LogP contribution >= 0.6 is 0 Å². The van der Waals surface area contributed by atoms with Crippen molar-refractivity contribution >= 4 is 52.5 Å². The van der Waals surface area contributed by atoms with Gasteiger partial charge in [0.2, 0.25) is 0 Å². The zero-order chi connectivity index (χ0) is 43.9. The van der Waals surface area contributed by atoms with Crippen LogP contribution in [0.15, 0.2) is 92.5 Å². The molecule has 0 saturated carbocycles. The van der Waals surface area contributed by atoms with Gasteiger partial charge in [-0.25, -0.2) is 14.4 Å². The lowest BCUT2D eigenvalue weighted by Crippen LogP contribution is -2.31. The number of ether oxygens (including phenoxy) is 9. The van der Waals surface area contributed by atoms with Gasteiger partial charge in [0.15, 0.2) is 6.10 Å². The molecule has 0 aliphatic carbocycles. The Bertz CT molecular complexity index is 1850. The smallest absolute Gasteiger partial charge is 0.337 e. The Kier molecular flexibility index (Phi) is 20.1. The van der Waals surface area contributed by atoms with Crippen LogP contribution in [0.2, 0.25) is 0 Å². The van der Waals surface area contributed by atoms with E-state index in [1.54, 1.807) is 72.8 Å². The SMILES string of the molecule is C=C(C(=O)OC)c1ccc(OCCCC(=O)OCC(COC(=O)CCCOc2ccc(C(=C)C(=O)OC)cc2)OC(=O)CCCOc2ccc(C(=C)C(=O)OC)cc2)cc1. The van der Waals surface area contributed by atoms with Gasteiger partial charge in [0.05, 0.1) is 57.9 Å². The minimum Gasteiger partial charge on any atom is -0.494 e. The average molecular weight is 831 g/mol. The monoisotopic (exact) mass is 830 g/mol. The highest BCUT2D eigenvalue weighted by atomic mass is 16.6. The van der Waals surface area contributed by atoms with E-state index in [0.717, 1.165) is 0 Å². The van der Waals surface area contributed by atoms with Crippen molar-refractivity contribution in [3.8, 4) is 17.2 Å². The third kappa shape index (κ3) is 16.5. The van der Waals surface area contributed by atoms with E-state index in [0.29, 0.717) is 46.8 Å². The molecule has 0 amide bonds. The number of hydrogen-bond donors (Lipinski definition) is 0. The van der Waals surface area contributed by atoms with Crippen molar-refractivity contribution in [1.29, 1.82) is 0 Å². The summed E-state index contributed by atoms with van der Waals surface area (Å²) >= 11 is 0. The molecule has 0 bridgehead atoms. The van der Waals surface area contributed by atoms with Crippen molar-refractivity contribution in [2.45, 2.75) is 44.6 Å². The Hall–Kier alpha value is -6.90. The number of carbonyl (C=O) groups is 6. The van der Waals surface area contributed by atoms with E-state index in [4.69, 9.17) is 28.4 Å². The summed E-state index contributed by atoms with van der Waals surface area (Å²) in [5.74, 6) is -1.85. The van der Waals surface area contributed by atoms with Crippen molar-refractivity contribution in [3.63, 3.8) is 0 Å². The minimum absolute atomic E-state index is 0.00440. The Morgan fingerprint density at radius 2 is 0.733 bits per heavy atom. The average Bonchev–Trinajstić information content (AvgIpc) is 3.27. The van der Waals surface area contributed by atoms with Gasteiger partial charge in [0, 0.05) is 19.3 Å². The standard InChI is InChI=1S/C45H50O15/c1-30(43(49)52-4)33-13-19-36(20-14-33)55-25-7-10-40(46)58-28-39(60-42(48)12-9-27-57-38-23-17-35(18-24-38)32(3)45(51)54-6)29-59-41(47)11-8-26-56-37-21-15-34(16-22-37)31(2)44(50)53-5/h13-24,39H,1-3,7-12,25-29H2,4-6H3. The summed E-state index contributed by atoms with van der Waals surface area (Å²) in [6, 6.07) is 20.0. The summed E-state index contributed by atoms with van der Waals surface area (Å²) in [5, 5.41) is 0. The number of rotatable bonds is 26. The van der Waals surface area contributed by atoms with E-state index in [9.17, 15) is 28.8 Å². The van der Waals surface area contributed by atoms with Crippen LogP contribution in [0.5, 0.6) is 17.2 Å². The van der Waals surface area contributed by atoms with E-state index in [2.05, 4.69) is 33.9 Å². The quantitative estimate of drug-likeness (QED) is 0.0390. The number of methoxy groups -OCH3 is 3. The van der Waals surface area contributed by atoms with Crippen molar-refractivity contribution in [3.05, 3.63) is 109 Å². The summed E-state index contributed by atoms with van der Waals surface area (Å²) < 4.78 is 47.3. The van der Waals surface area contributed by atoms with Crippen LogP contribution in [0.25, 0.3) is 16.7 Å². The first-order valence-corrected chi connectivity index (χ1v) is 18.9. The molecule has 0 aromatic heterocycles. The van der Waals surface area contributed by atoms with E-state index in [1.807, 2.05) is 0 Å². The molecule has 320 valence electrons. The van der Waals surface area contributed by atoms with Gasteiger partial charge in [-0.3, -0.25) is 14.4 Å². The van der Waals surface area contributed by atoms with Crippen LogP contribution in [0, 0.1) is 0 Å². The fourth-order valence-corrected chi connectivity index (χ4v) is 5.08. The van der Waals surface area contributed by atoms with E-state index in [-0.39, 0.29) is 75.4 Å². The van der Waals surface area contributed by atoms with Gasteiger partial charge >= 0.3 is 35.8 Å². The fourth-order valence-electron chi connectivity index (χ4n) is 5.08. The zero-order valence-electron chi connectivity index (χ0n) is 34.0. The summed E-state index contributed by atoms with van der Waals surface area (Å²) in [6.07, 6.45) is -0.219. The molecular formula is C45H50O15. The van der Waals surface area contributed by atoms with Gasteiger partial charge in [-0.05, 0) is 72.4 Å². The van der Waals surface area contributed by atoms with Crippen LogP contribution in [-0.2, 0) is 57.2 Å². The molecular weight excluding hydrogens is 780 g/mol. The number of carbonyl (C=O) groups excluding carboxylic acids is 6. The summed E-state index contributed by atoms with van der Waals surface area (Å²) in [5.41, 5.74) is 2.36. The largest absolute Gasteiger partial charge is 0.494 e. The number of benzene rings is 3. The van der Waals surface area contributed by atoms with Gasteiger partial charge in [-0.1, -0.05) is 56.1 Å². The lowest BCUT2D eigenvalue weighted by Gasteiger charge is -2.18. The maximum Gasteiger partial charge on any atom is 0.337 e. The van der Waals surface area contributed by atoms with Gasteiger partial charge in [0.1, 0.15) is 30.5 Å². The highest BCUT2D eigenvalue weighted by molar-refractivity contribution is 6.16. The first-order valence-electron chi connectivity index (χ1n) is 18.9. The molecule has 3 rings (SSSR count). The van der Waals surface area contributed by atoms with Crippen LogP contribution in [0.1, 0.15) is 55.2 Å². The molecule has 0 radical (unpaired) electrons. The molecule has 15 heteroatoms. The molecule has 3 aromatic carbocycles. The van der Waals surface area contributed by atoms with Crippen LogP contribution in [0.3, 0.4) is 0 Å². The first-order chi connectivity index (χ1) is 28.8. The Morgan fingerprint density at radius 1 is 0.450 bits per heavy atom. The second kappa shape index (κ2) is 25.5. The van der Waals surface area contributed by atoms with Crippen molar-refractivity contribution in [1.82, 2.24) is 0 Å². The molecule has 0 saturated heterocycles. The lowest BCUT2D eigenvalue weighted by molar-refractivity contribution is -0.167. The molecule has 0 unspecified atom stereocenters. The third-order valence-electron chi connectivity index (χ3n) is 8.44. The molecule has 15 nitrogen and oxygen atoms in total. The Balaban J connectivity index is 1.45. The van der Waals surface area contributed by atoms with Gasteiger partial charge < -0.3 is 42.6 Å². The van der Waals surface area contributed by atoms with Crippen molar-refractivity contribution < 1.29 is 71.4 Å². The summed E-state index contributed by atoms with van der Waals surface area (Å²) in [6.45, 7) is 11.0. The molecule has 0 fully saturated rings. The number of esters is 6. The second-order valence-electron chi connectivity index (χ2n) is 12.8. The molecule has 3 aromatic rings. The molecule has 0 spiro atoms. The highest BCUT2D eigenvalue weighted by Crippen LogP contribution is 2.21. The van der Waals surface area contributed by atoms with E-state index < -0.39 is 41.9 Å². The summed E-state index contributed by atoms with van der Waals surface area (Å²) in [7, 11) is 3.81. The van der Waals surface area contributed by atoms with Crippen LogP contribution in [0.4, 0.5) is 0 Å². The molecule has 0 atom stereocenters. The van der Waals surface area contributed by atoms with Crippen molar-refractivity contribution in [2.24, 2.45) is 0 Å². The summed E-state index contributed by atoms with van der Waals surface area (Å²) in [4.78, 5) is 73.0. The zero-order valence-corrected chi connectivity index (χ0v) is 34.0. The van der Waals surface area contributed by atoms with Gasteiger partial charge in [-0.15, -0.1) is 0 Å². The predicted molar refractivity (Wildman–Crippen MR) is 218 cm³/mol. The van der Waals surface area contributed by atoms with Crippen molar-refractivity contribution in [2.75, 3.05) is 54.4 Å². The number of hydrogen-bond acceptors (Lipinski definition) is 15. The fraction of sp³-hybridized carbons (Fsp3) is 0.333. The maximum atomic E-state index is 12.8. The van der Waals surface area contributed by atoms with Crippen LogP contribution < -0.4 is 14.2 Å². The normalized spacial score (nSPS) is 10.4. The topological polar surface area (TPSA) is 185 Å². The molecule has 0 aliphatic rings. The second-order valence-corrected chi connectivity index (χ2v) is 12.8.